The molecular weight excluding hydrogens is 410 g/mol. The van der Waals surface area contributed by atoms with Crippen molar-refractivity contribution in [1.29, 1.82) is 0 Å². The van der Waals surface area contributed by atoms with Crippen molar-refractivity contribution in [1.82, 2.24) is 0 Å². The Morgan fingerprint density at radius 2 is 1.83 bits per heavy atom. The number of nitro benzene ring substituents is 1. The number of nitrogens with zero attached hydrogens (tertiary/aromatic N) is 3. The second-order valence-corrected chi connectivity index (χ2v) is 6.85. The number of rotatable bonds is 5. The molecule has 0 N–H and O–H groups in total. The largest absolute Gasteiger partial charge is 0.463 e. The number of hydrogen-bond acceptors (Lipinski definition) is 7. The van der Waals surface area contributed by atoms with E-state index in [1.165, 1.54) is 29.2 Å². The molecule has 2 amide bonds. The van der Waals surface area contributed by atoms with Crippen LogP contribution in [0.5, 0.6) is 0 Å². The SMILES string of the molecule is CCOC(=O)C=C1SC(=NC(=O)c2ccc([N+](=O)[O-])cc2)N(c2ccccc2)C1=O. The van der Waals surface area contributed by atoms with E-state index in [0.717, 1.165) is 17.8 Å². The highest BCUT2D eigenvalue weighted by Gasteiger charge is 2.36. The molecule has 2 aromatic rings. The molecule has 0 saturated carbocycles. The number of non-ortho nitro benzene ring substituents is 1. The number of nitro groups is 1. The second-order valence-electron chi connectivity index (χ2n) is 5.84. The van der Waals surface area contributed by atoms with Crippen molar-refractivity contribution in [2.45, 2.75) is 6.92 Å². The molecule has 1 heterocycles. The summed E-state index contributed by atoms with van der Waals surface area (Å²) in [5.74, 6) is -1.88. The number of thioether (sulfide) groups is 1. The molecule has 0 spiro atoms. The lowest BCUT2D eigenvalue weighted by Crippen LogP contribution is -2.29. The lowest BCUT2D eigenvalue weighted by molar-refractivity contribution is -0.384. The predicted octanol–water partition coefficient (Wildman–Crippen LogP) is 3.32. The number of benzene rings is 2. The Labute approximate surface area is 175 Å². The van der Waals surface area contributed by atoms with Crippen molar-refractivity contribution in [3.63, 3.8) is 0 Å². The van der Waals surface area contributed by atoms with E-state index in [1.807, 2.05) is 0 Å². The molecule has 0 unspecified atom stereocenters. The maximum atomic E-state index is 12.9. The highest BCUT2D eigenvalue weighted by atomic mass is 32.2. The van der Waals surface area contributed by atoms with Crippen molar-refractivity contribution in [2.24, 2.45) is 4.99 Å². The molecule has 1 aliphatic heterocycles. The molecule has 9 nitrogen and oxygen atoms in total. The normalized spacial score (nSPS) is 16.2. The fourth-order valence-corrected chi connectivity index (χ4v) is 3.46. The summed E-state index contributed by atoms with van der Waals surface area (Å²) in [6.07, 6.45) is 1.06. The van der Waals surface area contributed by atoms with Gasteiger partial charge in [-0.1, -0.05) is 18.2 Å². The van der Waals surface area contributed by atoms with E-state index in [1.54, 1.807) is 37.3 Å². The first-order valence-corrected chi connectivity index (χ1v) is 9.55. The van der Waals surface area contributed by atoms with Crippen molar-refractivity contribution in [2.75, 3.05) is 11.5 Å². The predicted molar refractivity (Wildman–Crippen MR) is 111 cm³/mol. The van der Waals surface area contributed by atoms with Crippen molar-refractivity contribution in [3.8, 4) is 0 Å². The van der Waals surface area contributed by atoms with Crippen LogP contribution >= 0.6 is 11.8 Å². The van der Waals surface area contributed by atoms with Crippen LogP contribution in [-0.2, 0) is 14.3 Å². The van der Waals surface area contributed by atoms with Gasteiger partial charge in [0.05, 0.1) is 22.1 Å². The third kappa shape index (κ3) is 4.61. The highest BCUT2D eigenvalue weighted by Crippen LogP contribution is 2.35. The van der Waals surface area contributed by atoms with Gasteiger partial charge in [0.25, 0.3) is 17.5 Å². The summed E-state index contributed by atoms with van der Waals surface area (Å²) >= 11 is 0.865. The van der Waals surface area contributed by atoms with Gasteiger partial charge in [0.1, 0.15) is 0 Å². The summed E-state index contributed by atoms with van der Waals surface area (Å²) in [5.41, 5.74) is 0.435. The zero-order valence-electron chi connectivity index (χ0n) is 15.7. The molecule has 0 atom stereocenters. The van der Waals surface area contributed by atoms with E-state index in [2.05, 4.69) is 4.99 Å². The molecule has 0 bridgehead atoms. The summed E-state index contributed by atoms with van der Waals surface area (Å²) in [4.78, 5) is 52.7. The first-order chi connectivity index (χ1) is 14.4. The Morgan fingerprint density at radius 3 is 2.43 bits per heavy atom. The number of amides is 2. The average molecular weight is 425 g/mol. The first-order valence-electron chi connectivity index (χ1n) is 8.74. The molecular formula is C20H15N3O6S. The molecule has 2 aromatic carbocycles. The van der Waals surface area contributed by atoms with Crippen LogP contribution in [0, 0.1) is 10.1 Å². The van der Waals surface area contributed by atoms with Crippen LogP contribution in [0.25, 0.3) is 0 Å². The van der Waals surface area contributed by atoms with Gasteiger partial charge in [-0.05, 0) is 43.0 Å². The van der Waals surface area contributed by atoms with Crippen molar-refractivity contribution < 1.29 is 24.0 Å². The Kier molecular flexibility index (Phi) is 6.38. The van der Waals surface area contributed by atoms with Gasteiger partial charge in [-0.2, -0.15) is 4.99 Å². The fraction of sp³-hybridized carbons (Fsp3) is 0.100. The molecule has 1 fully saturated rings. The summed E-state index contributed by atoms with van der Waals surface area (Å²) in [5, 5.41) is 10.8. The van der Waals surface area contributed by atoms with E-state index >= 15 is 0 Å². The number of ether oxygens (including phenoxy) is 1. The summed E-state index contributed by atoms with van der Waals surface area (Å²) < 4.78 is 4.85. The van der Waals surface area contributed by atoms with Crippen LogP contribution in [0.3, 0.4) is 0 Å². The average Bonchev–Trinajstić information content (AvgIpc) is 3.03. The van der Waals surface area contributed by atoms with E-state index in [-0.39, 0.29) is 27.9 Å². The van der Waals surface area contributed by atoms with Crippen LogP contribution in [0.15, 0.2) is 70.6 Å². The number of aliphatic imine (C=N–C) groups is 1. The number of carbonyl (C=O) groups excluding carboxylic acids is 3. The van der Waals surface area contributed by atoms with Gasteiger partial charge < -0.3 is 4.74 Å². The molecule has 0 radical (unpaired) electrons. The first kappa shape index (κ1) is 20.9. The lowest BCUT2D eigenvalue weighted by atomic mass is 10.2. The smallest absolute Gasteiger partial charge is 0.332 e. The minimum Gasteiger partial charge on any atom is -0.463 e. The zero-order chi connectivity index (χ0) is 21.7. The third-order valence-electron chi connectivity index (χ3n) is 3.88. The summed E-state index contributed by atoms with van der Waals surface area (Å²) in [6.45, 7) is 1.80. The third-order valence-corrected chi connectivity index (χ3v) is 4.85. The van der Waals surface area contributed by atoms with E-state index in [0.29, 0.717) is 5.69 Å². The standard InChI is InChI=1S/C20H15N3O6S/c1-2-29-17(24)12-16-19(26)22(14-6-4-3-5-7-14)20(30-16)21-18(25)13-8-10-15(11-9-13)23(27)28/h3-12H,2H2,1H3. The second kappa shape index (κ2) is 9.14. The van der Waals surface area contributed by atoms with Gasteiger partial charge in [-0.15, -0.1) is 0 Å². The van der Waals surface area contributed by atoms with Gasteiger partial charge >= 0.3 is 5.97 Å². The summed E-state index contributed by atoms with van der Waals surface area (Å²) in [7, 11) is 0. The lowest BCUT2D eigenvalue weighted by Gasteiger charge is -2.15. The van der Waals surface area contributed by atoms with Crippen LogP contribution in [0.1, 0.15) is 17.3 Å². The van der Waals surface area contributed by atoms with Crippen LogP contribution in [0.4, 0.5) is 11.4 Å². The quantitative estimate of drug-likeness (QED) is 0.312. The Morgan fingerprint density at radius 1 is 1.17 bits per heavy atom. The number of amidine groups is 1. The highest BCUT2D eigenvalue weighted by molar-refractivity contribution is 8.19. The fourth-order valence-electron chi connectivity index (χ4n) is 2.52. The number of anilines is 1. The van der Waals surface area contributed by atoms with Crippen molar-refractivity contribution in [3.05, 3.63) is 81.3 Å². The molecule has 1 aliphatic rings. The van der Waals surface area contributed by atoms with Crippen LogP contribution < -0.4 is 4.90 Å². The monoisotopic (exact) mass is 425 g/mol. The van der Waals surface area contributed by atoms with Crippen LogP contribution in [0.2, 0.25) is 0 Å². The Bertz CT molecular complexity index is 1060. The minimum atomic E-state index is -0.682. The minimum absolute atomic E-state index is 0.0603. The van der Waals surface area contributed by atoms with Gasteiger partial charge in [0.15, 0.2) is 5.17 Å². The summed E-state index contributed by atoms with van der Waals surface area (Å²) in [6, 6.07) is 13.5. The van der Waals surface area contributed by atoms with Gasteiger partial charge in [0.2, 0.25) is 0 Å². The van der Waals surface area contributed by atoms with Gasteiger partial charge in [0, 0.05) is 23.8 Å². The molecule has 3 rings (SSSR count). The number of carbonyl (C=O) groups is 3. The molecule has 0 aromatic heterocycles. The number of para-hydroxylation sites is 1. The van der Waals surface area contributed by atoms with E-state index in [4.69, 9.17) is 4.74 Å². The maximum Gasteiger partial charge on any atom is 0.332 e. The van der Waals surface area contributed by atoms with Crippen LogP contribution in [-0.4, -0.2) is 34.5 Å². The Balaban J connectivity index is 1.96. The molecule has 30 heavy (non-hydrogen) atoms. The molecule has 152 valence electrons. The van der Waals surface area contributed by atoms with Gasteiger partial charge in [-0.25, -0.2) is 4.79 Å². The molecule has 1 saturated heterocycles. The van der Waals surface area contributed by atoms with E-state index < -0.39 is 22.7 Å². The number of hydrogen-bond donors (Lipinski definition) is 0. The van der Waals surface area contributed by atoms with Gasteiger partial charge in [-0.3, -0.25) is 24.6 Å². The number of esters is 1. The maximum absolute atomic E-state index is 12.9. The molecule has 0 aliphatic carbocycles. The van der Waals surface area contributed by atoms with Crippen molar-refractivity contribution >= 4 is 46.1 Å². The topological polar surface area (TPSA) is 119 Å². The Hall–Kier alpha value is -3.79. The molecule has 10 heteroatoms. The zero-order valence-corrected chi connectivity index (χ0v) is 16.5. The van der Waals surface area contributed by atoms with E-state index in [9.17, 15) is 24.5 Å².